The van der Waals surface area contributed by atoms with Gasteiger partial charge in [0.15, 0.2) is 0 Å². The molecule has 0 fully saturated rings. The Hall–Kier alpha value is -1.13. The van der Waals surface area contributed by atoms with Crippen molar-refractivity contribution in [2.45, 2.75) is 45.7 Å². The Morgan fingerprint density at radius 1 is 1.29 bits per heavy atom. The van der Waals surface area contributed by atoms with Gasteiger partial charge in [-0.1, -0.05) is 35.0 Å². The van der Waals surface area contributed by atoms with E-state index in [1.54, 1.807) is 0 Å². The summed E-state index contributed by atoms with van der Waals surface area (Å²) in [6.07, 6.45) is 6.90. The summed E-state index contributed by atoms with van der Waals surface area (Å²) >= 11 is 3.72. The van der Waals surface area contributed by atoms with E-state index < -0.39 is 0 Å². The molecule has 0 aliphatic heterocycles. The summed E-state index contributed by atoms with van der Waals surface area (Å²) in [6, 6.07) is 6.67. The summed E-state index contributed by atoms with van der Waals surface area (Å²) < 4.78 is 3.51. The summed E-state index contributed by atoms with van der Waals surface area (Å²) in [7, 11) is 0. The van der Waals surface area contributed by atoms with Gasteiger partial charge in [0, 0.05) is 23.3 Å². The van der Waals surface area contributed by atoms with E-state index in [9.17, 15) is 0 Å². The maximum Gasteiger partial charge on any atom is 0.0954 e. The van der Waals surface area contributed by atoms with E-state index in [1.807, 2.05) is 6.33 Å². The second-order valence-corrected chi connectivity index (χ2v) is 6.53. The molecule has 112 valence electrons. The van der Waals surface area contributed by atoms with Gasteiger partial charge in [0.25, 0.3) is 0 Å². The van der Waals surface area contributed by atoms with E-state index in [0.29, 0.717) is 0 Å². The third-order valence-electron chi connectivity index (χ3n) is 4.15. The molecule has 0 atom stereocenters. The molecule has 2 aromatic rings. The number of hydrogen-bond donors (Lipinski definition) is 1. The van der Waals surface area contributed by atoms with E-state index in [4.69, 9.17) is 0 Å². The van der Waals surface area contributed by atoms with E-state index in [2.05, 4.69) is 55.9 Å². The summed E-state index contributed by atoms with van der Waals surface area (Å²) in [5, 5.41) is 3.36. The Morgan fingerprint density at radius 3 is 2.95 bits per heavy atom. The molecule has 1 heterocycles. The van der Waals surface area contributed by atoms with Crippen molar-refractivity contribution in [3.8, 4) is 0 Å². The van der Waals surface area contributed by atoms with Crippen LogP contribution >= 0.6 is 15.9 Å². The Morgan fingerprint density at radius 2 is 2.14 bits per heavy atom. The van der Waals surface area contributed by atoms with Crippen LogP contribution in [0.1, 0.15) is 42.3 Å². The van der Waals surface area contributed by atoms with Crippen LogP contribution in [0.5, 0.6) is 0 Å². The molecule has 3 nitrogen and oxygen atoms in total. The molecule has 3 rings (SSSR count). The maximum atomic E-state index is 4.58. The van der Waals surface area contributed by atoms with Crippen molar-refractivity contribution in [1.82, 2.24) is 14.9 Å². The zero-order valence-electron chi connectivity index (χ0n) is 12.5. The van der Waals surface area contributed by atoms with Gasteiger partial charge < -0.3 is 9.88 Å². The molecule has 1 aliphatic rings. The molecular weight excluding hydrogens is 326 g/mol. The van der Waals surface area contributed by atoms with Crippen LogP contribution in [0.4, 0.5) is 0 Å². The number of aromatic nitrogens is 2. The van der Waals surface area contributed by atoms with Crippen LogP contribution in [0, 0.1) is 0 Å². The average Bonchev–Trinajstić information content (AvgIpc) is 2.91. The van der Waals surface area contributed by atoms with Crippen molar-refractivity contribution in [1.29, 1.82) is 0 Å². The molecule has 0 saturated carbocycles. The number of imidazole rings is 1. The van der Waals surface area contributed by atoms with Crippen molar-refractivity contribution in [2.75, 3.05) is 6.54 Å². The zero-order chi connectivity index (χ0) is 14.7. The molecular formula is C17H22BrN3. The van der Waals surface area contributed by atoms with Gasteiger partial charge >= 0.3 is 0 Å². The highest BCUT2D eigenvalue weighted by molar-refractivity contribution is 9.10. The summed E-state index contributed by atoms with van der Waals surface area (Å²) in [5.74, 6) is 0. The summed E-state index contributed by atoms with van der Waals surface area (Å²) in [6.45, 7) is 4.96. The van der Waals surface area contributed by atoms with Crippen LogP contribution in [0.25, 0.3) is 0 Å². The Bertz CT molecular complexity index is 618. The number of hydrogen-bond acceptors (Lipinski definition) is 2. The third-order valence-corrected chi connectivity index (χ3v) is 4.89. The van der Waals surface area contributed by atoms with Crippen molar-refractivity contribution >= 4 is 15.9 Å². The Kier molecular flexibility index (Phi) is 4.76. The quantitative estimate of drug-likeness (QED) is 0.893. The number of halogens is 1. The highest BCUT2D eigenvalue weighted by atomic mass is 79.9. The number of benzene rings is 1. The van der Waals surface area contributed by atoms with Gasteiger partial charge in [-0.05, 0) is 49.4 Å². The van der Waals surface area contributed by atoms with E-state index in [-0.39, 0.29) is 0 Å². The predicted molar refractivity (Wildman–Crippen MR) is 89.5 cm³/mol. The summed E-state index contributed by atoms with van der Waals surface area (Å²) in [5.41, 5.74) is 5.38. The lowest BCUT2D eigenvalue weighted by Crippen LogP contribution is -2.12. The van der Waals surface area contributed by atoms with Crippen LogP contribution in [-0.4, -0.2) is 16.1 Å². The van der Waals surface area contributed by atoms with Crippen LogP contribution in [0.3, 0.4) is 0 Å². The fourth-order valence-electron chi connectivity index (χ4n) is 2.95. The number of rotatable bonds is 5. The van der Waals surface area contributed by atoms with Crippen molar-refractivity contribution in [3.63, 3.8) is 0 Å². The Balaban J connectivity index is 1.77. The number of aryl methyl sites for hydroxylation is 1. The molecule has 1 aromatic heterocycles. The molecule has 4 heteroatoms. The normalized spacial score (nSPS) is 14.2. The van der Waals surface area contributed by atoms with Gasteiger partial charge in [-0.25, -0.2) is 4.98 Å². The molecule has 1 aromatic carbocycles. The van der Waals surface area contributed by atoms with Crippen LogP contribution < -0.4 is 5.32 Å². The first-order valence-electron chi connectivity index (χ1n) is 7.79. The number of nitrogens with zero attached hydrogens (tertiary/aromatic N) is 2. The lowest BCUT2D eigenvalue weighted by molar-refractivity contribution is 0.628. The maximum absolute atomic E-state index is 4.58. The standard InChI is InChI=1S/C17H22BrN3/c1-2-19-10-13-7-8-14(15(18)9-13)11-21-12-20-16-5-3-4-6-17(16)21/h7-9,12,19H,2-6,10-11H2,1H3. The van der Waals surface area contributed by atoms with Crippen LogP contribution in [0.2, 0.25) is 0 Å². The molecule has 1 N–H and O–H groups in total. The topological polar surface area (TPSA) is 29.9 Å². The first kappa shape index (κ1) is 14.8. The Labute approximate surface area is 134 Å². The first-order valence-corrected chi connectivity index (χ1v) is 8.58. The number of nitrogens with one attached hydrogen (secondary N) is 1. The minimum atomic E-state index is 0.907. The average molecular weight is 348 g/mol. The molecule has 0 radical (unpaired) electrons. The highest BCUT2D eigenvalue weighted by Crippen LogP contribution is 2.24. The molecule has 0 unspecified atom stereocenters. The highest BCUT2D eigenvalue weighted by Gasteiger charge is 2.15. The second kappa shape index (κ2) is 6.75. The molecule has 0 saturated heterocycles. The minimum absolute atomic E-state index is 0.907. The lowest BCUT2D eigenvalue weighted by atomic mass is 10.0. The molecule has 0 bridgehead atoms. The van der Waals surface area contributed by atoms with Gasteiger partial charge in [-0.15, -0.1) is 0 Å². The van der Waals surface area contributed by atoms with Crippen molar-refractivity contribution < 1.29 is 0 Å². The largest absolute Gasteiger partial charge is 0.330 e. The van der Waals surface area contributed by atoms with Crippen molar-refractivity contribution in [3.05, 3.63) is 51.5 Å². The van der Waals surface area contributed by atoms with Gasteiger partial charge in [0.2, 0.25) is 0 Å². The molecule has 0 amide bonds. The molecule has 0 spiro atoms. The second-order valence-electron chi connectivity index (χ2n) is 5.68. The lowest BCUT2D eigenvalue weighted by Gasteiger charge is -2.15. The minimum Gasteiger partial charge on any atom is -0.330 e. The fraction of sp³-hybridized carbons (Fsp3) is 0.471. The smallest absolute Gasteiger partial charge is 0.0954 e. The van der Waals surface area contributed by atoms with E-state index >= 15 is 0 Å². The zero-order valence-corrected chi connectivity index (χ0v) is 14.1. The SMILES string of the molecule is CCNCc1ccc(Cn2cnc3c2CCCC3)c(Br)c1. The molecule has 21 heavy (non-hydrogen) atoms. The van der Waals surface area contributed by atoms with E-state index in [1.165, 1.54) is 46.2 Å². The predicted octanol–water partition coefficient (Wildman–Crippen LogP) is 3.68. The van der Waals surface area contributed by atoms with Crippen LogP contribution in [0.15, 0.2) is 29.0 Å². The fourth-order valence-corrected chi connectivity index (χ4v) is 3.50. The summed E-state index contributed by atoms with van der Waals surface area (Å²) in [4.78, 5) is 4.58. The monoisotopic (exact) mass is 347 g/mol. The molecule has 1 aliphatic carbocycles. The first-order chi connectivity index (χ1) is 10.3. The van der Waals surface area contributed by atoms with E-state index in [0.717, 1.165) is 26.1 Å². The number of fused-ring (bicyclic) bond motifs is 1. The van der Waals surface area contributed by atoms with Gasteiger partial charge in [0.1, 0.15) is 0 Å². The third kappa shape index (κ3) is 3.38. The van der Waals surface area contributed by atoms with Gasteiger partial charge in [0.05, 0.1) is 12.0 Å². The van der Waals surface area contributed by atoms with Gasteiger partial charge in [-0.2, -0.15) is 0 Å². The van der Waals surface area contributed by atoms with Crippen LogP contribution in [-0.2, 0) is 25.9 Å². The van der Waals surface area contributed by atoms with Crippen molar-refractivity contribution in [2.24, 2.45) is 0 Å². The van der Waals surface area contributed by atoms with Gasteiger partial charge in [-0.3, -0.25) is 0 Å².